The zero-order valence-electron chi connectivity index (χ0n) is 14.4. The SMILES string of the molecule is CN(Cc1ncn[nH]1)C(=O)NC1CCCCCC1c1ccc(Cl)cc1. The summed E-state index contributed by atoms with van der Waals surface area (Å²) in [6, 6.07) is 8.06. The normalized spacial score (nSPS) is 20.7. The Hall–Kier alpha value is -2.08. The predicted octanol–water partition coefficient (Wildman–Crippen LogP) is 3.72. The molecule has 1 aliphatic carbocycles. The third-order valence-electron chi connectivity index (χ3n) is 4.82. The van der Waals surface area contributed by atoms with E-state index in [0.717, 1.165) is 24.3 Å². The van der Waals surface area contributed by atoms with Gasteiger partial charge in [0.2, 0.25) is 0 Å². The smallest absolute Gasteiger partial charge is 0.317 e. The van der Waals surface area contributed by atoms with Crippen LogP contribution in [0.5, 0.6) is 0 Å². The average molecular weight is 362 g/mol. The molecule has 1 heterocycles. The van der Waals surface area contributed by atoms with Crippen molar-refractivity contribution in [3.8, 4) is 0 Å². The standard InChI is InChI=1S/C18H24ClN5O/c1-24(11-17-20-12-21-23-17)18(25)22-16-6-4-2-3-5-15(16)13-7-9-14(19)10-8-13/h7-10,12,15-16H,2-6,11H2,1H3,(H,22,25)(H,20,21,23). The van der Waals surface area contributed by atoms with Gasteiger partial charge >= 0.3 is 6.03 Å². The van der Waals surface area contributed by atoms with Crippen molar-refractivity contribution in [2.45, 2.75) is 50.6 Å². The lowest BCUT2D eigenvalue weighted by atomic mass is 9.87. The molecular weight excluding hydrogens is 338 g/mol. The zero-order valence-corrected chi connectivity index (χ0v) is 15.2. The molecule has 2 amide bonds. The molecule has 1 aliphatic rings. The maximum Gasteiger partial charge on any atom is 0.317 e. The second kappa shape index (κ2) is 8.34. The van der Waals surface area contributed by atoms with Gasteiger partial charge in [-0.25, -0.2) is 9.78 Å². The third-order valence-corrected chi connectivity index (χ3v) is 5.07. The Kier molecular flexibility index (Phi) is 5.91. The van der Waals surface area contributed by atoms with Crippen LogP contribution in [0.3, 0.4) is 0 Å². The fourth-order valence-electron chi connectivity index (χ4n) is 3.46. The summed E-state index contributed by atoms with van der Waals surface area (Å²) in [5.41, 5.74) is 1.24. The summed E-state index contributed by atoms with van der Waals surface area (Å²) in [7, 11) is 1.77. The summed E-state index contributed by atoms with van der Waals surface area (Å²) >= 11 is 6.02. The second-order valence-corrected chi connectivity index (χ2v) is 7.08. The van der Waals surface area contributed by atoms with Gasteiger partial charge in [-0.1, -0.05) is 43.0 Å². The lowest BCUT2D eigenvalue weighted by Crippen LogP contribution is -2.45. The molecule has 134 valence electrons. The number of aromatic nitrogens is 3. The summed E-state index contributed by atoms with van der Waals surface area (Å²) < 4.78 is 0. The van der Waals surface area contributed by atoms with Gasteiger partial charge in [0, 0.05) is 24.0 Å². The van der Waals surface area contributed by atoms with E-state index in [4.69, 9.17) is 11.6 Å². The van der Waals surface area contributed by atoms with Gasteiger partial charge in [-0.05, 0) is 30.5 Å². The zero-order chi connectivity index (χ0) is 17.6. The van der Waals surface area contributed by atoms with Crippen molar-refractivity contribution in [3.05, 3.63) is 47.0 Å². The quantitative estimate of drug-likeness (QED) is 0.815. The molecule has 3 rings (SSSR count). The van der Waals surface area contributed by atoms with Crippen LogP contribution in [0.1, 0.15) is 49.4 Å². The Morgan fingerprint density at radius 2 is 2.04 bits per heavy atom. The van der Waals surface area contributed by atoms with Crippen molar-refractivity contribution in [1.82, 2.24) is 25.4 Å². The van der Waals surface area contributed by atoms with Crippen LogP contribution in [0.15, 0.2) is 30.6 Å². The number of amides is 2. The van der Waals surface area contributed by atoms with Crippen molar-refractivity contribution >= 4 is 17.6 Å². The van der Waals surface area contributed by atoms with Gasteiger partial charge in [0.1, 0.15) is 12.2 Å². The maximum absolute atomic E-state index is 12.6. The Bertz CT molecular complexity index is 673. The van der Waals surface area contributed by atoms with Gasteiger partial charge in [-0.15, -0.1) is 0 Å². The van der Waals surface area contributed by atoms with Gasteiger partial charge in [-0.3, -0.25) is 5.10 Å². The number of urea groups is 1. The number of hydrogen-bond acceptors (Lipinski definition) is 3. The molecule has 2 unspecified atom stereocenters. The number of hydrogen-bond donors (Lipinski definition) is 2. The molecule has 7 heteroatoms. The molecule has 1 aromatic heterocycles. The highest BCUT2D eigenvalue weighted by molar-refractivity contribution is 6.30. The minimum absolute atomic E-state index is 0.0812. The van der Waals surface area contributed by atoms with Crippen molar-refractivity contribution in [3.63, 3.8) is 0 Å². The lowest BCUT2D eigenvalue weighted by molar-refractivity contribution is 0.198. The molecule has 25 heavy (non-hydrogen) atoms. The molecule has 0 bridgehead atoms. The number of carbonyl (C=O) groups is 1. The van der Waals surface area contributed by atoms with Crippen LogP contribution in [-0.2, 0) is 6.54 Å². The fourth-order valence-corrected chi connectivity index (χ4v) is 3.59. The average Bonchev–Trinajstić information content (AvgIpc) is 3.00. The van der Waals surface area contributed by atoms with Crippen LogP contribution in [0.25, 0.3) is 0 Å². The van der Waals surface area contributed by atoms with E-state index in [-0.39, 0.29) is 12.1 Å². The van der Waals surface area contributed by atoms with E-state index in [9.17, 15) is 4.79 Å². The van der Waals surface area contributed by atoms with Crippen LogP contribution < -0.4 is 5.32 Å². The number of H-pyrrole nitrogens is 1. The number of carbonyl (C=O) groups excluding carboxylic acids is 1. The molecule has 0 radical (unpaired) electrons. The summed E-state index contributed by atoms with van der Waals surface area (Å²) in [6.07, 6.45) is 7.06. The summed E-state index contributed by atoms with van der Waals surface area (Å²) in [5, 5.41) is 10.6. The molecule has 1 saturated carbocycles. The number of nitrogens with zero attached hydrogens (tertiary/aromatic N) is 3. The third kappa shape index (κ3) is 4.72. The molecule has 0 spiro atoms. The van der Waals surface area contributed by atoms with E-state index >= 15 is 0 Å². The van der Waals surface area contributed by atoms with Gasteiger partial charge in [0.15, 0.2) is 0 Å². The predicted molar refractivity (Wildman–Crippen MR) is 97.4 cm³/mol. The maximum atomic E-state index is 12.6. The summed E-state index contributed by atoms with van der Waals surface area (Å²) in [4.78, 5) is 18.3. The van der Waals surface area contributed by atoms with Crippen molar-refractivity contribution < 1.29 is 4.79 Å². The summed E-state index contributed by atoms with van der Waals surface area (Å²) in [6.45, 7) is 0.407. The topological polar surface area (TPSA) is 73.9 Å². The van der Waals surface area contributed by atoms with Crippen LogP contribution in [0.4, 0.5) is 4.79 Å². The van der Waals surface area contributed by atoms with E-state index in [1.807, 2.05) is 12.1 Å². The lowest BCUT2D eigenvalue weighted by Gasteiger charge is -2.29. The largest absolute Gasteiger partial charge is 0.335 e. The van der Waals surface area contributed by atoms with Crippen molar-refractivity contribution in [2.75, 3.05) is 7.05 Å². The van der Waals surface area contributed by atoms with Gasteiger partial charge < -0.3 is 10.2 Å². The van der Waals surface area contributed by atoms with Gasteiger partial charge in [-0.2, -0.15) is 5.10 Å². The van der Waals surface area contributed by atoms with E-state index in [0.29, 0.717) is 18.3 Å². The number of rotatable bonds is 4. The van der Waals surface area contributed by atoms with Crippen LogP contribution in [-0.4, -0.2) is 39.2 Å². The molecule has 2 N–H and O–H groups in total. The fraction of sp³-hybridized carbons (Fsp3) is 0.500. The van der Waals surface area contributed by atoms with Crippen LogP contribution >= 0.6 is 11.6 Å². The number of halogens is 1. The first-order chi connectivity index (χ1) is 12.1. The number of benzene rings is 1. The minimum Gasteiger partial charge on any atom is -0.335 e. The highest BCUT2D eigenvalue weighted by Gasteiger charge is 2.27. The van der Waals surface area contributed by atoms with E-state index in [2.05, 4.69) is 32.6 Å². The molecular formula is C18H24ClN5O. The Labute approximate surface area is 153 Å². The monoisotopic (exact) mass is 361 g/mol. The molecule has 6 nitrogen and oxygen atoms in total. The van der Waals surface area contributed by atoms with E-state index < -0.39 is 0 Å². The van der Waals surface area contributed by atoms with Gasteiger partial charge in [0.25, 0.3) is 0 Å². The first kappa shape index (κ1) is 17.7. The van der Waals surface area contributed by atoms with E-state index in [1.165, 1.54) is 24.7 Å². The molecule has 1 aromatic carbocycles. The van der Waals surface area contributed by atoms with Crippen molar-refractivity contribution in [1.29, 1.82) is 0 Å². The van der Waals surface area contributed by atoms with Crippen molar-refractivity contribution in [2.24, 2.45) is 0 Å². The first-order valence-electron chi connectivity index (χ1n) is 8.75. The Morgan fingerprint density at radius 3 is 2.76 bits per heavy atom. The highest BCUT2D eigenvalue weighted by atomic mass is 35.5. The highest BCUT2D eigenvalue weighted by Crippen LogP contribution is 2.32. The number of nitrogens with one attached hydrogen (secondary N) is 2. The van der Waals surface area contributed by atoms with Crippen LogP contribution in [0.2, 0.25) is 5.02 Å². The first-order valence-corrected chi connectivity index (χ1v) is 9.12. The molecule has 2 aromatic rings. The van der Waals surface area contributed by atoms with Crippen LogP contribution in [0, 0.1) is 0 Å². The van der Waals surface area contributed by atoms with E-state index in [1.54, 1.807) is 11.9 Å². The minimum atomic E-state index is -0.0812. The van der Waals surface area contributed by atoms with Gasteiger partial charge in [0.05, 0.1) is 6.54 Å². The molecule has 2 atom stereocenters. The Morgan fingerprint density at radius 1 is 1.28 bits per heavy atom. The molecule has 0 saturated heterocycles. The second-order valence-electron chi connectivity index (χ2n) is 6.64. The number of aromatic amines is 1. The summed E-state index contributed by atoms with van der Waals surface area (Å²) in [5.74, 6) is 0.996. The molecule has 1 fully saturated rings. The molecule has 0 aliphatic heterocycles. The Balaban J connectivity index is 1.68.